The minimum absolute atomic E-state index is 0.0639. The van der Waals surface area contributed by atoms with E-state index in [2.05, 4.69) is 19.1 Å². The van der Waals surface area contributed by atoms with E-state index in [1.807, 2.05) is 24.3 Å². The lowest BCUT2D eigenvalue weighted by molar-refractivity contribution is 0.140. The Hall–Kier alpha value is -1.83. The van der Waals surface area contributed by atoms with Crippen LogP contribution < -0.4 is 4.74 Å². The van der Waals surface area contributed by atoms with Crippen molar-refractivity contribution in [2.75, 3.05) is 6.61 Å². The van der Waals surface area contributed by atoms with Crippen molar-refractivity contribution in [3.8, 4) is 11.8 Å². The van der Waals surface area contributed by atoms with E-state index in [9.17, 15) is 10.2 Å². The Morgan fingerprint density at radius 1 is 1.33 bits per heavy atom. The molecule has 0 saturated heterocycles. The highest BCUT2D eigenvalue weighted by atomic mass is 16.5. The lowest BCUT2D eigenvalue weighted by atomic mass is 9.74. The van der Waals surface area contributed by atoms with Gasteiger partial charge in [-0.15, -0.1) is 0 Å². The molecule has 0 bridgehead atoms. The van der Waals surface area contributed by atoms with Crippen molar-refractivity contribution in [1.82, 2.24) is 0 Å². The number of nitriles is 1. The number of nitrogens with zero attached hydrogens (tertiary/aromatic N) is 1. The van der Waals surface area contributed by atoms with Crippen LogP contribution in [0.4, 0.5) is 0 Å². The standard InChI is InChI=1S/C23H31NO3/c1-2-3-4-7-18(25)9-10-19-20-13-16-6-5-8-23(27-12-11-24)21(16)14-17(20)15-22(19)26/h5-6,8-10,17-20,22,25-26H,2-4,7,12-15H2,1H3/t17-,18?,19+,20-,22+/m0/s1. The van der Waals surface area contributed by atoms with Crippen LogP contribution >= 0.6 is 0 Å². The molecule has 2 aliphatic carbocycles. The highest BCUT2D eigenvalue weighted by Gasteiger charge is 2.44. The smallest absolute Gasteiger partial charge is 0.174 e. The molecule has 3 rings (SSSR count). The van der Waals surface area contributed by atoms with Gasteiger partial charge in [-0.05, 0) is 54.7 Å². The van der Waals surface area contributed by atoms with Crippen LogP contribution in [0.2, 0.25) is 0 Å². The topological polar surface area (TPSA) is 73.5 Å². The molecule has 4 nitrogen and oxygen atoms in total. The number of aliphatic hydroxyl groups excluding tert-OH is 2. The van der Waals surface area contributed by atoms with Gasteiger partial charge in [-0.2, -0.15) is 5.26 Å². The minimum Gasteiger partial charge on any atom is -0.478 e. The van der Waals surface area contributed by atoms with Gasteiger partial charge in [0.1, 0.15) is 11.8 Å². The molecular formula is C23H31NO3. The maximum Gasteiger partial charge on any atom is 0.174 e. The van der Waals surface area contributed by atoms with Crippen molar-refractivity contribution in [2.24, 2.45) is 17.8 Å². The van der Waals surface area contributed by atoms with Crippen LogP contribution in [0.15, 0.2) is 30.4 Å². The number of aliphatic hydroxyl groups is 2. The largest absolute Gasteiger partial charge is 0.478 e. The summed E-state index contributed by atoms with van der Waals surface area (Å²) in [5, 5.41) is 29.6. The van der Waals surface area contributed by atoms with Crippen molar-refractivity contribution < 1.29 is 14.9 Å². The molecule has 2 aliphatic rings. The second kappa shape index (κ2) is 9.39. The van der Waals surface area contributed by atoms with Crippen LogP contribution in [0.1, 0.15) is 50.2 Å². The van der Waals surface area contributed by atoms with Crippen molar-refractivity contribution >= 4 is 0 Å². The monoisotopic (exact) mass is 369 g/mol. The Kier molecular flexibility index (Phi) is 6.93. The van der Waals surface area contributed by atoms with Crippen molar-refractivity contribution in [1.29, 1.82) is 5.26 Å². The van der Waals surface area contributed by atoms with Gasteiger partial charge >= 0.3 is 0 Å². The minimum atomic E-state index is -0.412. The van der Waals surface area contributed by atoms with E-state index in [4.69, 9.17) is 10.00 Å². The third kappa shape index (κ3) is 4.72. The maximum atomic E-state index is 10.6. The second-order valence-corrected chi connectivity index (χ2v) is 8.00. The summed E-state index contributed by atoms with van der Waals surface area (Å²) in [7, 11) is 0. The maximum absolute atomic E-state index is 10.6. The molecule has 0 radical (unpaired) electrons. The first-order valence-electron chi connectivity index (χ1n) is 10.3. The predicted molar refractivity (Wildman–Crippen MR) is 105 cm³/mol. The summed E-state index contributed by atoms with van der Waals surface area (Å²) in [6, 6.07) is 8.09. The van der Waals surface area contributed by atoms with Crippen LogP contribution in [-0.4, -0.2) is 29.0 Å². The average molecular weight is 370 g/mol. The first-order valence-corrected chi connectivity index (χ1v) is 10.3. The fraction of sp³-hybridized carbons (Fsp3) is 0.609. The van der Waals surface area contributed by atoms with E-state index in [1.54, 1.807) is 0 Å². The second-order valence-electron chi connectivity index (χ2n) is 8.00. The summed E-state index contributed by atoms with van der Waals surface area (Å²) in [5.41, 5.74) is 2.47. The average Bonchev–Trinajstić information content (AvgIpc) is 2.97. The molecule has 0 heterocycles. The number of ether oxygens (including phenoxy) is 1. The van der Waals surface area contributed by atoms with Crippen molar-refractivity contribution in [3.63, 3.8) is 0 Å². The molecule has 0 aromatic heterocycles. The number of rotatable bonds is 8. The molecule has 146 valence electrons. The molecule has 0 spiro atoms. The Labute approximate surface area is 162 Å². The molecule has 1 unspecified atom stereocenters. The van der Waals surface area contributed by atoms with Crippen LogP contribution in [-0.2, 0) is 12.8 Å². The molecule has 4 heteroatoms. The molecule has 1 aromatic carbocycles. The SMILES string of the molecule is CCCCCC(O)C=C[C@@H]1[C@H]2Cc3cccc(OCC#N)c3C[C@H]2C[C@H]1O. The van der Waals surface area contributed by atoms with Gasteiger partial charge < -0.3 is 14.9 Å². The number of fused-ring (bicyclic) bond motifs is 2. The molecule has 2 N–H and O–H groups in total. The molecule has 27 heavy (non-hydrogen) atoms. The zero-order chi connectivity index (χ0) is 19.2. The van der Waals surface area contributed by atoms with Gasteiger partial charge in [0, 0.05) is 5.92 Å². The summed E-state index contributed by atoms with van der Waals surface area (Å²) in [5.74, 6) is 1.74. The first-order chi connectivity index (χ1) is 13.1. The summed E-state index contributed by atoms with van der Waals surface area (Å²) >= 11 is 0. The third-order valence-electron chi connectivity index (χ3n) is 6.19. The van der Waals surface area contributed by atoms with Gasteiger partial charge in [0.2, 0.25) is 0 Å². The highest BCUT2D eigenvalue weighted by molar-refractivity contribution is 5.43. The van der Waals surface area contributed by atoms with E-state index in [0.29, 0.717) is 11.8 Å². The van der Waals surface area contributed by atoms with Crippen LogP contribution in [0.3, 0.4) is 0 Å². The fourth-order valence-electron chi connectivity index (χ4n) is 4.80. The van der Waals surface area contributed by atoms with Gasteiger partial charge in [0.15, 0.2) is 6.61 Å². The van der Waals surface area contributed by atoms with Crippen molar-refractivity contribution in [3.05, 3.63) is 41.5 Å². The van der Waals surface area contributed by atoms with Crippen LogP contribution in [0.5, 0.6) is 5.75 Å². The van der Waals surface area contributed by atoms with E-state index in [1.165, 1.54) is 11.1 Å². The van der Waals surface area contributed by atoms with E-state index >= 15 is 0 Å². The first kappa shape index (κ1) is 19.9. The molecular weight excluding hydrogens is 338 g/mol. The zero-order valence-electron chi connectivity index (χ0n) is 16.2. The molecule has 0 amide bonds. The fourth-order valence-corrected chi connectivity index (χ4v) is 4.80. The lowest BCUT2D eigenvalue weighted by Crippen LogP contribution is -2.26. The van der Waals surface area contributed by atoms with Gasteiger partial charge in [0.05, 0.1) is 12.2 Å². The molecule has 1 saturated carbocycles. The number of benzene rings is 1. The van der Waals surface area contributed by atoms with Gasteiger partial charge in [-0.3, -0.25) is 0 Å². The Morgan fingerprint density at radius 3 is 2.96 bits per heavy atom. The quantitative estimate of drug-likeness (QED) is 0.540. The summed E-state index contributed by atoms with van der Waals surface area (Å²) < 4.78 is 5.61. The van der Waals surface area contributed by atoms with Gasteiger partial charge in [0.25, 0.3) is 0 Å². The normalized spacial score (nSPS) is 27.8. The van der Waals surface area contributed by atoms with E-state index < -0.39 is 6.10 Å². The summed E-state index contributed by atoms with van der Waals surface area (Å²) in [4.78, 5) is 0. The summed E-state index contributed by atoms with van der Waals surface area (Å²) in [6.45, 7) is 2.23. The Bertz CT molecular complexity index is 693. The highest BCUT2D eigenvalue weighted by Crippen LogP contribution is 2.47. The number of unbranched alkanes of at least 4 members (excludes halogenated alkanes) is 2. The zero-order valence-corrected chi connectivity index (χ0v) is 16.2. The number of hydrogen-bond donors (Lipinski definition) is 2. The Balaban J connectivity index is 1.69. The molecule has 5 atom stereocenters. The molecule has 0 aliphatic heterocycles. The number of hydrogen-bond acceptors (Lipinski definition) is 4. The van der Waals surface area contributed by atoms with Crippen molar-refractivity contribution in [2.45, 2.75) is 64.1 Å². The van der Waals surface area contributed by atoms with E-state index in [0.717, 1.165) is 50.7 Å². The Morgan fingerprint density at radius 2 is 2.19 bits per heavy atom. The third-order valence-corrected chi connectivity index (χ3v) is 6.19. The predicted octanol–water partition coefficient (Wildman–Crippen LogP) is 3.80. The van der Waals surface area contributed by atoms with Crippen LogP contribution in [0.25, 0.3) is 0 Å². The summed E-state index contributed by atoms with van der Waals surface area (Å²) in [6.07, 6.45) is 9.93. The van der Waals surface area contributed by atoms with E-state index in [-0.39, 0.29) is 18.6 Å². The molecule has 1 aromatic rings. The lowest BCUT2D eigenvalue weighted by Gasteiger charge is -2.31. The van der Waals surface area contributed by atoms with Gasteiger partial charge in [-0.1, -0.05) is 50.5 Å². The molecule has 1 fully saturated rings. The van der Waals surface area contributed by atoms with Gasteiger partial charge in [-0.25, -0.2) is 0 Å². The van der Waals surface area contributed by atoms with Crippen LogP contribution in [0, 0.1) is 29.1 Å².